The van der Waals surface area contributed by atoms with E-state index in [1.165, 1.54) is 7.11 Å². The molecule has 25 heavy (non-hydrogen) atoms. The van der Waals surface area contributed by atoms with Crippen molar-refractivity contribution >= 4 is 27.2 Å². The fourth-order valence-electron chi connectivity index (χ4n) is 3.70. The van der Waals surface area contributed by atoms with Crippen molar-refractivity contribution in [1.29, 1.82) is 0 Å². The molecule has 7 heteroatoms. The van der Waals surface area contributed by atoms with Crippen LogP contribution >= 0.6 is 0 Å². The first-order valence-corrected chi connectivity index (χ1v) is 9.85. The van der Waals surface area contributed by atoms with Gasteiger partial charge in [-0.2, -0.15) is 0 Å². The summed E-state index contributed by atoms with van der Waals surface area (Å²) in [5.74, 6) is 0.489. The van der Waals surface area contributed by atoms with E-state index >= 15 is 0 Å². The predicted molar refractivity (Wildman–Crippen MR) is 96.0 cm³/mol. The van der Waals surface area contributed by atoms with Crippen LogP contribution < -0.4 is 14.5 Å². The number of fused-ring (bicyclic) bond motifs is 1. The van der Waals surface area contributed by atoms with Crippen molar-refractivity contribution in [3.05, 3.63) is 54.6 Å². The van der Waals surface area contributed by atoms with Gasteiger partial charge in [0.2, 0.25) is 0 Å². The molecule has 0 aromatic heterocycles. The van der Waals surface area contributed by atoms with Crippen molar-refractivity contribution in [3.8, 4) is 5.75 Å². The molecule has 2 aromatic rings. The molecule has 2 atom stereocenters. The van der Waals surface area contributed by atoms with Crippen LogP contribution in [0, 0.1) is 0 Å². The second-order valence-electron chi connectivity index (χ2n) is 6.24. The highest BCUT2D eigenvalue weighted by Crippen LogP contribution is 2.40. The number of nitrogens with zero attached hydrogens (tertiary/aromatic N) is 2. The maximum atomic E-state index is 13.2. The van der Waals surface area contributed by atoms with E-state index in [9.17, 15) is 13.2 Å². The third-order valence-corrected chi connectivity index (χ3v) is 6.45. The number of urea groups is 1. The molecule has 130 valence electrons. The van der Waals surface area contributed by atoms with Gasteiger partial charge >= 0.3 is 6.03 Å². The van der Waals surface area contributed by atoms with Gasteiger partial charge in [-0.25, -0.2) is 13.2 Å². The Labute approximate surface area is 146 Å². The summed E-state index contributed by atoms with van der Waals surface area (Å²) in [6.07, 6.45) is 0. The van der Waals surface area contributed by atoms with Crippen molar-refractivity contribution in [2.45, 2.75) is 12.1 Å². The molecule has 2 unspecified atom stereocenters. The summed E-state index contributed by atoms with van der Waals surface area (Å²) in [7, 11) is -1.67. The van der Waals surface area contributed by atoms with E-state index in [0.717, 1.165) is 0 Å². The third kappa shape index (κ3) is 2.55. The molecule has 2 heterocycles. The van der Waals surface area contributed by atoms with Crippen LogP contribution in [0.3, 0.4) is 0 Å². The number of sulfone groups is 1. The van der Waals surface area contributed by atoms with E-state index < -0.39 is 21.9 Å². The van der Waals surface area contributed by atoms with Crippen LogP contribution in [0.2, 0.25) is 0 Å². The normalized spacial score (nSPS) is 24.4. The summed E-state index contributed by atoms with van der Waals surface area (Å²) in [5, 5.41) is 0. The number of hydrogen-bond acceptors (Lipinski definition) is 4. The Bertz CT molecular complexity index is 914. The van der Waals surface area contributed by atoms with Gasteiger partial charge in [0, 0.05) is 5.69 Å². The molecule has 0 spiro atoms. The third-order valence-electron chi connectivity index (χ3n) is 4.75. The zero-order chi connectivity index (χ0) is 17.6. The van der Waals surface area contributed by atoms with Crippen LogP contribution in [-0.4, -0.2) is 45.1 Å². The highest BCUT2D eigenvalue weighted by atomic mass is 32.2. The number of methoxy groups -OCH3 is 1. The number of hydrogen-bond donors (Lipinski definition) is 0. The summed E-state index contributed by atoms with van der Waals surface area (Å²) < 4.78 is 29.9. The molecule has 2 fully saturated rings. The van der Waals surface area contributed by atoms with Crippen molar-refractivity contribution in [2.75, 3.05) is 28.4 Å². The molecule has 6 nitrogen and oxygen atoms in total. The van der Waals surface area contributed by atoms with E-state index in [2.05, 4.69) is 0 Å². The molecule has 2 aliphatic rings. The lowest BCUT2D eigenvalue weighted by Gasteiger charge is -2.24. The maximum absolute atomic E-state index is 13.2. The average molecular weight is 358 g/mol. The largest absolute Gasteiger partial charge is 0.495 e. The lowest BCUT2D eigenvalue weighted by Crippen LogP contribution is -2.38. The lowest BCUT2D eigenvalue weighted by molar-refractivity contribution is 0.255. The number of anilines is 2. The molecule has 2 aromatic carbocycles. The molecule has 0 radical (unpaired) electrons. The van der Waals surface area contributed by atoms with Crippen LogP contribution in [0.4, 0.5) is 16.2 Å². The topological polar surface area (TPSA) is 66.9 Å². The molecule has 0 bridgehead atoms. The number of rotatable bonds is 3. The first-order chi connectivity index (χ1) is 12.0. The Balaban J connectivity index is 1.84. The zero-order valence-corrected chi connectivity index (χ0v) is 14.5. The van der Waals surface area contributed by atoms with Crippen molar-refractivity contribution < 1.29 is 17.9 Å². The van der Waals surface area contributed by atoms with E-state index in [0.29, 0.717) is 17.1 Å². The van der Waals surface area contributed by atoms with Gasteiger partial charge in [0.1, 0.15) is 5.75 Å². The van der Waals surface area contributed by atoms with Gasteiger partial charge in [0.25, 0.3) is 0 Å². The quantitative estimate of drug-likeness (QED) is 0.790. The van der Waals surface area contributed by atoms with Crippen LogP contribution in [0.1, 0.15) is 0 Å². The first kappa shape index (κ1) is 16.0. The summed E-state index contributed by atoms with van der Waals surface area (Å²) in [5.41, 5.74) is 1.30. The number of carbonyl (C=O) groups is 1. The lowest BCUT2D eigenvalue weighted by atomic mass is 10.1. The smallest absolute Gasteiger partial charge is 0.329 e. The maximum Gasteiger partial charge on any atom is 0.329 e. The Morgan fingerprint density at radius 3 is 2.20 bits per heavy atom. The van der Waals surface area contributed by atoms with Gasteiger partial charge in [-0.3, -0.25) is 9.80 Å². The highest BCUT2D eigenvalue weighted by Gasteiger charge is 2.54. The van der Waals surface area contributed by atoms with Crippen molar-refractivity contribution in [1.82, 2.24) is 0 Å². The van der Waals surface area contributed by atoms with Gasteiger partial charge < -0.3 is 4.74 Å². The average Bonchev–Trinajstić information content (AvgIpc) is 3.04. The molecular formula is C18H18N2O4S. The predicted octanol–water partition coefficient (Wildman–Crippen LogP) is 2.31. The first-order valence-electron chi connectivity index (χ1n) is 8.03. The number of carbonyl (C=O) groups excluding carboxylic acids is 1. The van der Waals surface area contributed by atoms with E-state index in [4.69, 9.17) is 4.74 Å². The Morgan fingerprint density at radius 2 is 1.52 bits per heavy atom. The standard InChI is InChI=1S/C18H18N2O4S/c1-24-17-10-6-5-9-14(17)20-16-12-25(22,23)11-15(16)19(18(20)21)13-7-3-2-4-8-13/h2-10,15-16H,11-12H2,1H3. The van der Waals surface area contributed by atoms with E-state index in [1.807, 2.05) is 42.5 Å². The molecule has 0 N–H and O–H groups in total. The molecule has 2 amide bonds. The molecule has 2 saturated heterocycles. The fraction of sp³-hybridized carbons (Fsp3) is 0.278. The second kappa shape index (κ2) is 5.77. The van der Waals surface area contributed by atoms with Gasteiger partial charge in [-0.05, 0) is 24.3 Å². The molecule has 2 aliphatic heterocycles. The van der Waals surface area contributed by atoms with Gasteiger partial charge in [-0.15, -0.1) is 0 Å². The molecular weight excluding hydrogens is 340 g/mol. The number of amides is 2. The van der Waals surface area contributed by atoms with Gasteiger partial charge in [-0.1, -0.05) is 30.3 Å². The summed E-state index contributed by atoms with van der Waals surface area (Å²) >= 11 is 0. The molecule has 4 rings (SSSR count). The van der Waals surface area contributed by atoms with Crippen LogP contribution in [-0.2, 0) is 9.84 Å². The molecule has 0 saturated carbocycles. The number of para-hydroxylation sites is 3. The molecule has 0 aliphatic carbocycles. The van der Waals surface area contributed by atoms with Gasteiger partial charge in [0.15, 0.2) is 9.84 Å². The van der Waals surface area contributed by atoms with Gasteiger partial charge in [0.05, 0.1) is 36.4 Å². The minimum Gasteiger partial charge on any atom is -0.495 e. The SMILES string of the molecule is COc1ccccc1N1C(=O)N(c2ccccc2)C2CS(=O)(=O)CC21. The monoisotopic (exact) mass is 358 g/mol. The Hall–Kier alpha value is -2.54. The van der Waals surface area contributed by atoms with Crippen LogP contribution in [0.25, 0.3) is 0 Å². The minimum atomic E-state index is -3.21. The Kier molecular flexibility index (Phi) is 3.68. The van der Waals surface area contributed by atoms with E-state index in [-0.39, 0.29) is 17.5 Å². The van der Waals surface area contributed by atoms with E-state index in [1.54, 1.807) is 21.9 Å². The number of ether oxygens (including phenoxy) is 1. The number of benzene rings is 2. The summed E-state index contributed by atoms with van der Waals surface area (Å²) in [6, 6.07) is 15.3. The summed E-state index contributed by atoms with van der Waals surface area (Å²) in [6.45, 7) is 0. The highest BCUT2D eigenvalue weighted by molar-refractivity contribution is 7.91. The fourth-order valence-corrected chi connectivity index (χ4v) is 5.62. The Morgan fingerprint density at radius 1 is 0.920 bits per heavy atom. The summed E-state index contributed by atoms with van der Waals surface area (Å²) in [4.78, 5) is 16.4. The van der Waals surface area contributed by atoms with Crippen molar-refractivity contribution in [2.24, 2.45) is 0 Å². The second-order valence-corrected chi connectivity index (χ2v) is 8.40. The minimum absolute atomic E-state index is 0.0239. The van der Waals surface area contributed by atoms with Crippen molar-refractivity contribution in [3.63, 3.8) is 0 Å². The van der Waals surface area contributed by atoms with Crippen LogP contribution in [0.15, 0.2) is 54.6 Å². The zero-order valence-electron chi connectivity index (χ0n) is 13.7. The van der Waals surface area contributed by atoms with Crippen LogP contribution in [0.5, 0.6) is 5.75 Å².